The van der Waals surface area contributed by atoms with Crippen molar-refractivity contribution in [2.75, 3.05) is 19.6 Å². The quantitative estimate of drug-likeness (QED) is 0.173. The molecule has 0 saturated carbocycles. The van der Waals surface area contributed by atoms with Crippen LogP contribution in [0.15, 0.2) is 16.9 Å². The molecule has 0 bridgehead atoms. The average Bonchev–Trinajstić information content (AvgIpc) is 3.70. The molecular formula is C23H31N11O5S. The van der Waals surface area contributed by atoms with Gasteiger partial charge in [-0.2, -0.15) is 0 Å². The monoisotopic (exact) mass is 573 g/mol. The van der Waals surface area contributed by atoms with Gasteiger partial charge in [0.05, 0.1) is 30.1 Å². The molecule has 17 heteroatoms. The Balaban J connectivity index is 1.08. The number of tetrazole rings is 1. The molecular weight excluding hydrogens is 542 g/mol. The van der Waals surface area contributed by atoms with Gasteiger partial charge in [-0.3, -0.25) is 19.8 Å². The molecule has 40 heavy (non-hydrogen) atoms. The van der Waals surface area contributed by atoms with E-state index in [0.717, 1.165) is 0 Å². The van der Waals surface area contributed by atoms with E-state index in [1.54, 1.807) is 11.8 Å². The number of nitrogens with one attached hydrogen (secondary N) is 5. The van der Waals surface area contributed by atoms with E-state index < -0.39 is 17.9 Å². The third-order valence-corrected chi connectivity index (χ3v) is 9.90. The van der Waals surface area contributed by atoms with Crippen LogP contribution < -0.4 is 21.3 Å². The molecule has 0 spiro atoms. The predicted octanol–water partition coefficient (Wildman–Crippen LogP) is -2.88. The Morgan fingerprint density at radius 1 is 1.27 bits per heavy atom. The third kappa shape index (κ3) is 4.46. The number of nitrogens with zero attached hydrogens (tertiary/aromatic N) is 6. The van der Waals surface area contributed by atoms with Crippen LogP contribution in [0.4, 0.5) is 0 Å². The second kappa shape index (κ2) is 10.0. The van der Waals surface area contributed by atoms with Crippen LogP contribution in [0.25, 0.3) is 0 Å². The summed E-state index contributed by atoms with van der Waals surface area (Å²) in [6, 6.07) is -1.19. The highest BCUT2D eigenvalue weighted by Crippen LogP contribution is 2.51. The number of aromatic nitrogens is 4. The molecule has 4 saturated heterocycles. The first-order chi connectivity index (χ1) is 19.1. The zero-order valence-electron chi connectivity index (χ0n) is 21.9. The number of hydrogen-bond donors (Lipinski definition) is 6. The maximum atomic E-state index is 13.2. The van der Waals surface area contributed by atoms with Crippen molar-refractivity contribution in [3.63, 3.8) is 0 Å². The third-order valence-electron chi connectivity index (χ3n) is 8.39. The average molecular weight is 574 g/mol. The summed E-state index contributed by atoms with van der Waals surface area (Å²) >= 11 is 1.43. The van der Waals surface area contributed by atoms with E-state index in [4.69, 9.17) is 5.41 Å². The first-order valence-corrected chi connectivity index (χ1v) is 14.1. The van der Waals surface area contributed by atoms with E-state index in [0.29, 0.717) is 31.0 Å². The van der Waals surface area contributed by atoms with E-state index in [9.17, 15) is 24.3 Å². The molecule has 1 aromatic rings. The number of carbonyl (C=O) groups excluding carboxylic acids is 3. The zero-order chi connectivity index (χ0) is 28.3. The number of guanidine groups is 1. The fraction of sp³-hybridized carbons (Fsp3) is 0.652. The van der Waals surface area contributed by atoms with Crippen LogP contribution in [-0.4, -0.2) is 120 Å². The van der Waals surface area contributed by atoms with E-state index in [-0.39, 0.29) is 71.3 Å². The summed E-state index contributed by atoms with van der Waals surface area (Å²) in [6.07, 6.45) is 1.86. The number of amides is 3. The summed E-state index contributed by atoms with van der Waals surface area (Å²) in [5.41, 5.74) is -0.00212. The summed E-state index contributed by atoms with van der Waals surface area (Å²) in [6.45, 7) is 5.17. The SMILES string of the molecule is C[C@@H](NC(=O)Cn1cnnn1)[C@H]1C(=O)N2C(C(=O)O)=C(SC3CN[C@H](C(=O)N4C[C@@H]5NC(=N)N[C@@H]5C4)C3)[C@H](C)[C@H]12. The molecule has 1 aromatic heterocycles. The van der Waals surface area contributed by atoms with Gasteiger partial charge >= 0.3 is 5.97 Å². The topological polar surface area (TPSA) is 211 Å². The van der Waals surface area contributed by atoms with Gasteiger partial charge in [0.1, 0.15) is 18.6 Å². The van der Waals surface area contributed by atoms with Crippen molar-refractivity contribution in [1.29, 1.82) is 5.41 Å². The van der Waals surface area contributed by atoms with Crippen LogP contribution >= 0.6 is 11.8 Å². The van der Waals surface area contributed by atoms with Gasteiger partial charge in [-0.05, 0) is 23.8 Å². The van der Waals surface area contributed by atoms with Crippen molar-refractivity contribution in [2.45, 2.75) is 62.3 Å². The maximum Gasteiger partial charge on any atom is 0.353 e. The van der Waals surface area contributed by atoms with Crippen LogP contribution in [0.1, 0.15) is 20.3 Å². The lowest BCUT2D eigenvalue weighted by atomic mass is 9.78. The summed E-state index contributed by atoms with van der Waals surface area (Å²) in [7, 11) is 0. The highest BCUT2D eigenvalue weighted by Gasteiger charge is 2.60. The maximum absolute atomic E-state index is 13.2. The van der Waals surface area contributed by atoms with Crippen molar-refractivity contribution < 1.29 is 24.3 Å². The number of rotatable bonds is 8. The Kier molecular flexibility index (Phi) is 6.64. The molecule has 6 N–H and O–H groups in total. The van der Waals surface area contributed by atoms with Gasteiger partial charge in [0, 0.05) is 41.7 Å². The van der Waals surface area contributed by atoms with E-state index in [1.165, 1.54) is 27.7 Å². The van der Waals surface area contributed by atoms with Gasteiger partial charge in [-0.15, -0.1) is 16.9 Å². The standard InChI is InChI=1S/C23H31N11O5S/c1-9-17-16(10(2)27-15(35)7-33-8-26-30-31-33)21(37)34(17)18(22(38)39)19(9)40-11-3-12(25-4-11)20(36)32-5-13-14(6-32)29-23(24)28-13/h8-14,16-17,25H,3-7H2,1-2H3,(H,27,35)(H,38,39)(H3,24,28,29)/t9-,10-,11?,12+,13-,14+,16-,17-/m1/s1. The molecule has 3 amide bonds. The minimum absolute atomic E-state index is 0.00212. The first-order valence-electron chi connectivity index (χ1n) is 13.2. The van der Waals surface area contributed by atoms with Crippen molar-refractivity contribution in [2.24, 2.45) is 11.8 Å². The molecule has 16 nitrogen and oxygen atoms in total. The van der Waals surface area contributed by atoms with Crippen LogP contribution in [0.3, 0.4) is 0 Å². The van der Waals surface area contributed by atoms with Crippen molar-refractivity contribution in [3.8, 4) is 0 Å². The number of carboxylic acid groups (broad SMARTS) is 1. The number of aliphatic carboxylic acids is 1. The minimum Gasteiger partial charge on any atom is -0.477 e. The van der Waals surface area contributed by atoms with Gasteiger partial charge in [0.25, 0.3) is 0 Å². The van der Waals surface area contributed by atoms with Gasteiger partial charge in [-0.25, -0.2) is 9.48 Å². The van der Waals surface area contributed by atoms with Gasteiger partial charge in [0.2, 0.25) is 17.7 Å². The van der Waals surface area contributed by atoms with Gasteiger partial charge < -0.3 is 36.2 Å². The number of fused-ring (bicyclic) bond motifs is 2. The molecule has 0 aliphatic carbocycles. The zero-order valence-corrected chi connectivity index (χ0v) is 22.7. The van der Waals surface area contributed by atoms with Crippen LogP contribution in [0, 0.1) is 17.2 Å². The normalized spacial score (nSPS) is 33.3. The fourth-order valence-electron chi connectivity index (χ4n) is 6.56. The number of thioether (sulfide) groups is 1. The van der Waals surface area contributed by atoms with Crippen LogP contribution in [0.5, 0.6) is 0 Å². The molecule has 6 heterocycles. The van der Waals surface area contributed by atoms with E-state index in [2.05, 4.69) is 36.8 Å². The van der Waals surface area contributed by atoms with Crippen molar-refractivity contribution in [1.82, 2.24) is 51.3 Å². The van der Waals surface area contributed by atoms with Crippen molar-refractivity contribution >= 4 is 41.4 Å². The number of carbonyl (C=O) groups is 4. The highest BCUT2D eigenvalue weighted by molar-refractivity contribution is 8.03. The van der Waals surface area contributed by atoms with E-state index in [1.807, 2.05) is 6.92 Å². The highest BCUT2D eigenvalue weighted by atomic mass is 32.2. The molecule has 6 rings (SSSR count). The fourth-order valence-corrected chi connectivity index (χ4v) is 8.03. The number of likely N-dealkylation sites (tertiary alicyclic amines) is 1. The molecule has 214 valence electrons. The second-order valence-corrected chi connectivity index (χ2v) is 12.3. The summed E-state index contributed by atoms with van der Waals surface area (Å²) in [5, 5.41) is 40.6. The largest absolute Gasteiger partial charge is 0.477 e. The number of hydrogen-bond acceptors (Lipinski definition) is 10. The van der Waals surface area contributed by atoms with Crippen LogP contribution in [-0.2, 0) is 25.7 Å². The number of β-lactam (4-membered cyclic amide) rings is 1. The summed E-state index contributed by atoms with van der Waals surface area (Å²) in [5.74, 6) is -2.34. The molecule has 1 unspecified atom stereocenters. The molecule has 0 radical (unpaired) electrons. The first kappa shape index (κ1) is 26.5. The van der Waals surface area contributed by atoms with Crippen molar-refractivity contribution in [3.05, 3.63) is 16.9 Å². The Hall–Kier alpha value is -3.73. The van der Waals surface area contributed by atoms with E-state index >= 15 is 0 Å². The lowest BCUT2D eigenvalue weighted by Gasteiger charge is -2.47. The smallest absolute Gasteiger partial charge is 0.353 e. The molecule has 5 aliphatic heterocycles. The summed E-state index contributed by atoms with van der Waals surface area (Å²) < 4.78 is 1.27. The Morgan fingerprint density at radius 3 is 2.65 bits per heavy atom. The second-order valence-electron chi connectivity index (χ2n) is 11.0. The van der Waals surface area contributed by atoms with Gasteiger partial charge in [0.15, 0.2) is 5.96 Å². The number of carboxylic acids is 1. The Morgan fingerprint density at radius 2 is 2.00 bits per heavy atom. The lowest BCUT2D eigenvalue weighted by molar-refractivity contribution is -0.158. The molecule has 8 atom stereocenters. The molecule has 5 aliphatic rings. The summed E-state index contributed by atoms with van der Waals surface area (Å²) in [4.78, 5) is 54.9. The predicted molar refractivity (Wildman–Crippen MR) is 139 cm³/mol. The van der Waals surface area contributed by atoms with Gasteiger partial charge in [-0.1, -0.05) is 6.92 Å². The lowest BCUT2D eigenvalue weighted by Crippen LogP contribution is -2.66. The molecule has 4 fully saturated rings. The Bertz CT molecular complexity index is 1270. The molecule has 0 aromatic carbocycles. The van der Waals surface area contributed by atoms with Crippen LogP contribution in [0.2, 0.25) is 0 Å². The minimum atomic E-state index is -1.16. The Labute approximate surface area is 233 Å².